The molecule has 104 valence electrons. The van der Waals surface area contributed by atoms with Crippen molar-refractivity contribution in [3.05, 3.63) is 29.8 Å². The van der Waals surface area contributed by atoms with Gasteiger partial charge in [0.25, 0.3) is 0 Å². The quantitative estimate of drug-likeness (QED) is 0.585. The van der Waals surface area contributed by atoms with Gasteiger partial charge in [-0.05, 0) is 31.2 Å². The second kappa shape index (κ2) is 7.02. The summed E-state index contributed by atoms with van der Waals surface area (Å²) in [6.45, 7) is 4.34. The van der Waals surface area contributed by atoms with Crippen LogP contribution < -0.4 is 15.8 Å². The number of nitrogens with zero attached hydrogens (tertiary/aromatic N) is 1. The first kappa shape index (κ1) is 13.7. The van der Waals surface area contributed by atoms with Gasteiger partial charge < -0.3 is 15.8 Å². The van der Waals surface area contributed by atoms with Crippen LogP contribution in [-0.2, 0) is 6.54 Å². The molecule has 0 aromatic heterocycles. The maximum absolute atomic E-state index is 5.84. The lowest BCUT2D eigenvalue weighted by atomic mass is 10.2. The third kappa shape index (κ3) is 4.81. The number of guanidine groups is 1. The summed E-state index contributed by atoms with van der Waals surface area (Å²) in [6, 6.07) is 8.04. The van der Waals surface area contributed by atoms with Crippen LogP contribution in [0.4, 0.5) is 0 Å². The molecule has 4 nitrogen and oxygen atoms in total. The van der Waals surface area contributed by atoms with Crippen molar-refractivity contribution < 1.29 is 4.74 Å². The second-order valence-corrected chi connectivity index (χ2v) is 4.99. The standard InChI is InChI=1S/C15H23N3O/c1-2-9-17-15(16)18-10-13-5-3-4-6-14(13)19-11-12-7-8-12/h3-6,12H,2,7-11H2,1H3,(H3,16,17,18). The molecule has 1 saturated carbocycles. The SMILES string of the molecule is CCCNC(N)=NCc1ccccc1OCC1CC1. The molecule has 19 heavy (non-hydrogen) atoms. The van der Waals surface area contributed by atoms with Crippen molar-refractivity contribution in [1.82, 2.24) is 5.32 Å². The summed E-state index contributed by atoms with van der Waals surface area (Å²) in [4.78, 5) is 4.34. The van der Waals surface area contributed by atoms with E-state index in [9.17, 15) is 0 Å². The van der Waals surface area contributed by atoms with Crippen LogP contribution in [0.1, 0.15) is 31.7 Å². The van der Waals surface area contributed by atoms with Crippen LogP contribution in [0.3, 0.4) is 0 Å². The van der Waals surface area contributed by atoms with Crippen LogP contribution in [0.25, 0.3) is 0 Å². The Balaban J connectivity index is 1.90. The first-order valence-corrected chi connectivity index (χ1v) is 7.04. The van der Waals surface area contributed by atoms with Crippen LogP contribution in [0.5, 0.6) is 5.75 Å². The fourth-order valence-electron chi connectivity index (χ4n) is 1.75. The van der Waals surface area contributed by atoms with Crippen LogP contribution in [0.15, 0.2) is 29.3 Å². The number of aliphatic imine (C=N–C) groups is 1. The summed E-state index contributed by atoms with van der Waals surface area (Å²) in [5.41, 5.74) is 6.88. The molecule has 0 amide bonds. The van der Waals surface area contributed by atoms with Crippen LogP contribution in [0, 0.1) is 5.92 Å². The number of nitrogens with two attached hydrogens (primary N) is 1. The molecule has 0 heterocycles. The third-order valence-electron chi connectivity index (χ3n) is 3.12. The fourth-order valence-corrected chi connectivity index (χ4v) is 1.75. The van der Waals surface area contributed by atoms with E-state index in [2.05, 4.69) is 17.2 Å². The van der Waals surface area contributed by atoms with E-state index in [-0.39, 0.29) is 0 Å². The summed E-state index contributed by atoms with van der Waals surface area (Å²) < 4.78 is 5.84. The molecule has 1 aliphatic carbocycles. The maximum Gasteiger partial charge on any atom is 0.188 e. The van der Waals surface area contributed by atoms with E-state index in [1.165, 1.54) is 12.8 Å². The Bertz CT molecular complexity index is 427. The first-order chi connectivity index (χ1) is 9.29. The minimum Gasteiger partial charge on any atom is -0.493 e. The van der Waals surface area contributed by atoms with Crippen molar-refractivity contribution in [3.8, 4) is 5.75 Å². The highest BCUT2D eigenvalue weighted by Gasteiger charge is 2.22. The van der Waals surface area contributed by atoms with Gasteiger partial charge >= 0.3 is 0 Å². The number of rotatable bonds is 7. The average Bonchev–Trinajstić information content (AvgIpc) is 3.25. The number of para-hydroxylation sites is 1. The van der Waals surface area contributed by atoms with Gasteiger partial charge in [0.05, 0.1) is 13.2 Å². The number of nitrogens with one attached hydrogen (secondary N) is 1. The molecule has 0 saturated heterocycles. The van der Waals surface area contributed by atoms with Crippen molar-refractivity contribution in [1.29, 1.82) is 0 Å². The highest BCUT2D eigenvalue weighted by Crippen LogP contribution is 2.30. The van der Waals surface area contributed by atoms with Gasteiger partial charge in [-0.3, -0.25) is 0 Å². The molecule has 3 N–H and O–H groups in total. The van der Waals surface area contributed by atoms with Gasteiger partial charge in [-0.1, -0.05) is 25.1 Å². The number of hydrogen-bond acceptors (Lipinski definition) is 2. The van der Waals surface area contributed by atoms with Crippen molar-refractivity contribution in [2.45, 2.75) is 32.7 Å². The molecule has 0 spiro atoms. The van der Waals surface area contributed by atoms with Crippen molar-refractivity contribution >= 4 is 5.96 Å². The molecular formula is C15H23N3O. The topological polar surface area (TPSA) is 59.6 Å². The maximum atomic E-state index is 5.84. The number of benzene rings is 1. The Morgan fingerprint density at radius 1 is 1.42 bits per heavy atom. The predicted molar refractivity (Wildman–Crippen MR) is 78.3 cm³/mol. The molecule has 0 atom stereocenters. The Kier molecular flexibility index (Phi) is 5.07. The van der Waals surface area contributed by atoms with Crippen molar-refractivity contribution in [2.24, 2.45) is 16.6 Å². The van der Waals surface area contributed by atoms with E-state index in [0.717, 1.165) is 36.8 Å². The van der Waals surface area contributed by atoms with Gasteiger partial charge in [0, 0.05) is 12.1 Å². The summed E-state index contributed by atoms with van der Waals surface area (Å²) in [6.07, 6.45) is 3.64. The highest BCUT2D eigenvalue weighted by molar-refractivity contribution is 5.77. The zero-order valence-corrected chi connectivity index (χ0v) is 11.6. The first-order valence-electron chi connectivity index (χ1n) is 7.04. The van der Waals surface area contributed by atoms with Crippen molar-refractivity contribution in [2.75, 3.05) is 13.2 Å². The molecule has 1 aromatic carbocycles. The normalized spacial score (nSPS) is 15.3. The van der Waals surface area contributed by atoms with E-state index in [1.54, 1.807) is 0 Å². The van der Waals surface area contributed by atoms with E-state index in [1.807, 2.05) is 24.3 Å². The largest absolute Gasteiger partial charge is 0.493 e. The molecule has 1 aromatic rings. The summed E-state index contributed by atoms with van der Waals surface area (Å²) in [5.74, 6) is 2.19. The Morgan fingerprint density at radius 3 is 2.95 bits per heavy atom. The van der Waals surface area contributed by atoms with E-state index < -0.39 is 0 Å². The van der Waals surface area contributed by atoms with E-state index >= 15 is 0 Å². The Hall–Kier alpha value is -1.71. The number of ether oxygens (including phenoxy) is 1. The van der Waals surface area contributed by atoms with Crippen LogP contribution in [-0.4, -0.2) is 19.1 Å². The zero-order chi connectivity index (χ0) is 13.5. The zero-order valence-electron chi connectivity index (χ0n) is 11.6. The van der Waals surface area contributed by atoms with Crippen LogP contribution in [0.2, 0.25) is 0 Å². The summed E-state index contributed by atoms with van der Waals surface area (Å²) >= 11 is 0. The monoisotopic (exact) mass is 261 g/mol. The van der Waals surface area contributed by atoms with Gasteiger partial charge in [-0.15, -0.1) is 0 Å². The molecule has 0 unspecified atom stereocenters. The molecule has 0 bridgehead atoms. The van der Waals surface area contributed by atoms with Crippen molar-refractivity contribution in [3.63, 3.8) is 0 Å². The second-order valence-electron chi connectivity index (χ2n) is 4.99. The summed E-state index contributed by atoms with van der Waals surface area (Å²) in [5, 5.41) is 3.07. The van der Waals surface area contributed by atoms with Gasteiger partial charge in [0.1, 0.15) is 5.75 Å². The van der Waals surface area contributed by atoms with Crippen LogP contribution >= 0.6 is 0 Å². The summed E-state index contributed by atoms with van der Waals surface area (Å²) in [7, 11) is 0. The van der Waals surface area contributed by atoms with E-state index in [0.29, 0.717) is 12.5 Å². The third-order valence-corrected chi connectivity index (χ3v) is 3.12. The minimum atomic E-state index is 0.499. The lowest BCUT2D eigenvalue weighted by Gasteiger charge is -2.10. The van der Waals surface area contributed by atoms with Gasteiger partial charge in [-0.25, -0.2) is 4.99 Å². The highest BCUT2D eigenvalue weighted by atomic mass is 16.5. The molecule has 1 aliphatic rings. The minimum absolute atomic E-state index is 0.499. The lowest BCUT2D eigenvalue weighted by molar-refractivity contribution is 0.297. The molecule has 0 radical (unpaired) electrons. The lowest BCUT2D eigenvalue weighted by Crippen LogP contribution is -2.32. The number of hydrogen-bond donors (Lipinski definition) is 2. The molecule has 0 aliphatic heterocycles. The van der Waals surface area contributed by atoms with Gasteiger partial charge in [-0.2, -0.15) is 0 Å². The Morgan fingerprint density at radius 2 is 2.21 bits per heavy atom. The van der Waals surface area contributed by atoms with Gasteiger partial charge in [0.15, 0.2) is 5.96 Å². The molecule has 2 rings (SSSR count). The average molecular weight is 261 g/mol. The Labute approximate surface area is 115 Å². The van der Waals surface area contributed by atoms with Gasteiger partial charge in [0.2, 0.25) is 0 Å². The van der Waals surface area contributed by atoms with E-state index in [4.69, 9.17) is 10.5 Å². The molecule has 4 heteroatoms. The smallest absolute Gasteiger partial charge is 0.188 e. The molecular weight excluding hydrogens is 238 g/mol. The fraction of sp³-hybridized carbons (Fsp3) is 0.533. The predicted octanol–water partition coefficient (Wildman–Crippen LogP) is 2.29. The molecule has 1 fully saturated rings.